The first-order valence-corrected chi connectivity index (χ1v) is 6.63. The summed E-state index contributed by atoms with van der Waals surface area (Å²) in [6, 6.07) is 12.0. The lowest BCUT2D eigenvalue weighted by molar-refractivity contribution is 0.0697. The van der Waals surface area contributed by atoms with Gasteiger partial charge in [-0.1, -0.05) is 6.07 Å². The van der Waals surface area contributed by atoms with Crippen molar-refractivity contribution in [3.05, 3.63) is 70.8 Å². The molecule has 0 amide bonds. The lowest BCUT2D eigenvalue weighted by Crippen LogP contribution is -2.20. The second-order valence-corrected chi connectivity index (χ2v) is 4.82. The van der Waals surface area contributed by atoms with Gasteiger partial charge in [0.25, 0.3) is 5.56 Å². The van der Waals surface area contributed by atoms with Crippen LogP contribution in [0.4, 0.5) is 0 Å². The zero-order chi connectivity index (χ0) is 14.8. The van der Waals surface area contributed by atoms with E-state index in [-0.39, 0.29) is 11.1 Å². The van der Waals surface area contributed by atoms with E-state index in [2.05, 4.69) is 0 Å². The van der Waals surface area contributed by atoms with E-state index in [1.807, 2.05) is 22.9 Å². The van der Waals surface area contributed by atoms with Crippen molar-refractivity contribution in [1.82, 2.24) is 9.13 Å². The summed E-state index contributed by atoms with van der Waals surface area (Å²) in [5, 5.41) is 9.87. The van der Waals surface area contributed by atoms with E-state index in [0.717, 1.165) is 10.9 Å². The normalized spacial score (nSPS) is 10.9. The summed E-state index contributed by atoms with van der Waals surface area (Å²) in [5.74, 6) is -0.930. The zero-order valence-electron chi connectivity index (χ0n) is 11.3. The smallest absolute Gasteiger partial charge is 0.335 e. The first-order chi connectivity index (χ1) is 10.1. The Balaban J connectivity index is 1.87. The highest BCUT2D eigenvalue weighted by Crippen LogP contribution is 2.18. The molecule has 0 bridgehead atoms. The first-order valence-electron chi connectivity index (χ1n) is 6.63. The number of rotatable bonds is 4. The van der Waals surface area contributed by atoms with Crippen molar-refractivity contribution in [3.8, 4) is 0 Å². The van der Waals surface area contributed by atoms with Gasteiger partial charge in [0.15, 0.2) is 0 Å². The van der Waals surface area contributed by atoms with Gasteiger partial charge >= 0.3 is 5.97 Å². The summed E-state index contributed by atoms with van der Waals surface area (Å²) in [6.07, 6.45) is 3.67. The third kappa shape index (κ3) is 2.58. The minimum absolute atomic E-state index is 0.0258. The van der Waals surface area contributed by atoms with Gasteiger partial charge in [0.05, 0.1) is 5.56 Å². The summed E-state index contributed by atoms with van der Waals surface area (Å²) < 4.78 is 3.66. The fraction of sp³-hybridized carbons (Fsp3) is 0.125. The van der Waals surface area contributed by atoms with Gasteiger partial charge in [-0.05, 0) is 30.3 Å². The highest BCUT2D eigenvalue weighted by Gasteiger charge is 2.06. The molecule has 0 saturated carbocycles. The van der Waals surface area contributed by atoms with Crippen LogP contribution in [-0.4, -0.2) is 20.2 Å². The number of carboxylic acids is 1. The highest BCUT2D eigenvalue weighted by molar-refractivity contribution is 5.93. The third-order valence-electron chi connectivity index (χ3n) is 3.50. The standard InChI is InChI=1S/C16H14N2O3/c19-15-3-1-2-7-18(15)10-9-17-8-6-12-11-13(16(20)21)4-5-14(12)17/h1-8,11H,9-10H2,(H,20,21). The Hall–Kier alpha value is -2.82. The molecule has 1 N–H and O–H groups in total. The van der Waals surface area contributed by atoms with Crippen LogP contribution in [0.2, 0.25) is 0 Å². The van der Waals surface area contributed by atoms with E-state index >= 15 is 0 Å². The van der Waals surface area contributed by atoms with Gasteiger partial charge in [-0.2, -0.15) is 0 Å². The van der Waals surface area contributed by atoms with Crippen LogP contribution in [0.15, 0.2) is 59.7 Å². The molecule has 0 spiro atoms. The van der Waals surface area contributed by atoms with Crippen LogP contribution in [0.5, 0.6) is 0 Å². The molecule has 2 aromatic heterocycles. The van der Waals surface area contributed by atoms with Crippen LogP contribution >= 0.6 is 0 Å². The minimum Gasteiger partial charge on any atom is -0.478 e. The van der Waals surface area contributed by atoms with E-state index in [9.17, 15) is 9.59 Å². The van der Waals surface area contributed by atoms with Gasteiger partial charge in [-0.25, -0.2) is 4.79 Å². The maximum absolute atomic E-state index is 11.7. The van der Waals surface area contributed by atoms with Crippen LogP contribution in [0.25, 0.3) is 10.9 Å². The third-order valence-corrected chi connectivity index (χ3v) is 3.50. The Morgan fingerprint density at radius 1 is 1.00 bits per heavy atom. The molecule has 0 saturated heterocycles. The van der Waals surface area contributed by atoms with Crippen LogP contribution in [-0.2, 0) is 13.1 Å². The van der Waals surface area contributed by atoms with Crippen LogP contribution in [0.3, 0.4) is 0 Å². The Bertz CT molecular complexity index is 861. The summed E-state index contributed by atoms with van der Waals surface area (Å²) in [6.45, 7) is 1.23. The molecular weight excluding hydrogens is 268 g/mol. The number of carboxylic acid groups (broad SMARTS) is 1. The zero-order valence-corrected chi connectivity index (χ0v) is 11.3. The lowest BCUT2D eigenvalue weighted by atomic mass is 10.1. The Kier molecular flexibility index (Phi) is 3.31. The molecule has 0 aliphatic carbocycles. The van der Waals surface area contributed by atoms with E-state index in [0.29, 0.717) is 13.1 Å². The van der Waals surface area contributed by atoms with Crippen LogP contribution < -0.4 is 5.56 Å². The number of carbonyl (C=O) groups is 1. The summed E-state index contributed by atoms with van der Waals surface area (Å²) in [5.41, 5.74) is 1.21. The fourth-order valence-electron chi connectivity index (χ4n) is 2.39. The second-order valence-electron chi connectivity index (χ2n) is 4.82. The SMILES string of the molecule is O=C(O)c1ccc2c(ccn2CCn2ccccc2=O)c1. The number of aryl methyl sites for hydroxylation is 2. The summed E-state index contributed by atoms with van der Waals surface area (Å²) in [7, 11) is 0. The van der Waals surface area contributed by atoms with Crippen molar-refractivity contribution >= 4 is 16.9 Å². The van der Waals surface area contributed by atoms with Gasteiger partial charge < -0.3 is 14.2 Å². The van der Waals surface area contributed by atoms with Crippen LogP contribution in [0.1, 0.15) is 10.4 Å². The molecule has 0 unspecified atom stereocenters. The number of aromatic nitrogens is 2. The highest BCUT2D eigenvalue weighted by atomic mass is 16.4. The molecular formula is C16H14N2O3. The van der Waals surface area contributed by atoms with E-state index < -0.39 is 5.97 Å². The maximum atomic E-state index is 11.7. The number of hydrogen-bond donors (Lipinski definition) is 1. The number of pyridine rings is 1. The number of benzene rings is 1. The molecule has 0 aliphatic heterocycles. The molecule has 0 fully saturated rings. The van der Waals surface area contributed by atoms with E-state index in [1.54, 1.807) is 35.0 Å². The van der Waals surface area contributed by atoms with Crippen molar-refractivity contribution in [3.63, 3.8) is 0 Å². The van der Waals surface area contributed by atoms with E-state index in [1.165, 1.54) is 6.07 Å². The molecule has 5 heteroatoms. The summed E-state index contributed by atoms with van der Waals surface area (Å²) in [4.78, 5) is 22.6. The summed E-state index contributed by atoms with van der Waals surface area (Å²) >= 11 is 0. The first kappa shape index (κ1) is 13.2. The lowest BCUT2D eigenvalue weighted by Gasteiger charge is -2.08. The molecule has 2 heterocycles. The van der Waals surface area contributed by atoms with Crippen LogP contribution in [0, 0.1) is 0 Å². The van der Waals surface area contributed by atoms with Crippen molar-refractivity contribution < 1.29 is 9.90 Å². The van der Waals surface area contributed by atoms with Gasteiger partial charge in [-0.3, -0.25) is 4.79 Å². The second kappa shape index (κ2) is 5.28. The van der Waals surface area contributed by atoms with Crippen molar-refractivity contribution in [2.45, 2.75) is 13.1 Å². The fourth-order valence-corrected chi connectivity index (χ4v) is 2.39. The molecule has 21 heavy (non-hydrogen) atoms. The average Bonchev–Trinajstić information content (AvgIpc) is 2.88. The maximum Gasteiger partial charge on any atom is 0.335 e. The van der Waals surface area contributed by atoms with E-state index in [4.69, 9.17) is 5.11 Å². The van der Waals surface area contributed by atoms with Crippen molar-refractivity contribution in [1.29, 1.82) is 0 Å². The molecule has 1 aromatic carbocycles. The number of fused-ring (bicyclic) bond motifs is 1. The molecule has 0 atom stereocenters. The monoisotopic (exact) mass is 282 g/mol. The Morgan fingerprint density at radius 3 is 2.57 bits per heavy atom. The van der Waals surface area contributed by atoms with Gasteiger partial charge in [-0.15, -0.1) is 0 Å². The molecule has 3 rings (SSSR count). The largest absolute Gasteiger partial charge is 0.478 e. The van der Waals surface area contributed by atoms with Gasteiger partial charge in [0.2, 0.25) is 0 Å². The predicted molar refractivity (Wildman–Crippen MR) is 79.6 cm³/mol. The molecule has 3 aromatic rings. The van der Waals surface area contributed by atoms with Gasteiger partial charge in [0, 0.05) is 42.5 Å². The minimum atomic E-state index is -0.930. The Morgan fingerprint density at radius 2 is 1.81 bits per heavy atom. The van der Waals surface area contributed by atoms with Crippen molar-refractivity contribution in [2.24, 2.45) is 0 Å². The Labute approximate surface area is 120 Å². The molecule has 0 radical (unpaired) electrons. The topological polar surface area (TPSA) is 64.2 Å². The molecule has 0 aliphatic rings. The molecule has 5 nitrogen and oxygen atoms in total. The predicted octanol–water partition coefficient (Wildman–Crippen LogP) is 2.20. The average molecular weight is 282 g/mol. The number of nitrogens with zero attached hydrogens (tertiary/aromatic N) is 2. The van der Waals surface area contributed by atoms with Gasteiger partial charge in [0.1, 0.15) is 0 Å². The number of hydrogen-bond acceptors (Lipinski definition) is 2. The van der Waals surface area contributed by atoms with Crippen molar-refractivity contribution in [2.75, 3.05) is 0 Å². The number of aromatic carboxylic acids is 1. The molecule has 106 valence electrons. The quantitative estimate of drug-likeness (QED) is 0.798.